The second kappa shape index (κ2) is 9.43. The molecule has 0 heterocycles. The van der Waals surface area contributed by atoms with Crippen LogP contribution in [0.25, 0.3) is 0 Å². The number of hydrazone groups is 1. The van der Waals surface area contributed by atoms with Gasteiger partial charge in [0.25, 0.3) is 5.69 Å². The van der Waals surface area contributed by atoms with Crippen LogP contribution in [0.1, 0.15) is 32.8 Å². The Morgan fingerprint density at radius 2 is 1.75 bits per heavy atom. The molecule has 0 aromatic heterocycles. The van der Waals surface area contributed by atoms with Gasteiger partial charge < -0.3 is 0 Å². The van der Waals surface area contributed by atoms with E-state index in [1.807, 2.05) is 37.3 Å². The fraction of sp³-hybridized carbons (Fsp3) is 0.316. The molecule has 0 aliphatic carbocycles. The number of nitro groups is 1. The molecule has 28 heavy (non-hydrogen) atoms. The molecule has 0 saturated heterocycles. The summed E-state index contributed by atoms with van der Waals surface area (Å²) < 4.78 is 27.2. The topological polar surface area (TPSA) is 105 Å². The van der Waals surface area contributed by atoms with Crippen LogP contribution in [0.4, 0.5) is 11.4 Å². The average Bonchev–Trinajstić information content (AvgIpc) is 2.70. The minimum Gasteiger partial charge on any atom is -0.277 e. The normalized spacial score (nSPS) is 12.2. The molecule has 0 radical (unpaired) electrons. The van der Waals surface area contributed by atoms with Crippen molar-refractivity contribution in [1.29, 1.82) is 0 Å². The van der Waals surface area contributed by atoms with Crippen molar-refractivity contribution in [3.8, 4) is 0 Å². The predicted octanol–water partition coefficient (Wildman–Crippen LogP) is 3.85. The number of anilines is 1. The minimum absolute atomic E-state index is 0.169. The lowest BCUT2D eigenvalue weighted by molar-refractivity contribution is -0.385. The van der Waals surface area contributed by atoms with Crippen molar-refractivity contribution in [2.45, 2.75) is 32.1 Å². The smallest absolute Gasteiger partial charge is 0.270 e. The van der Waals surface area contributed by atoms with E-state index in [0.29, 0.717) is 6.42 Å². The highest BCUT2D eigenvalue weighted by Crippen LogP contribution is 2.29. The SMILES string of the molecule is CC/C(=N/Nc1ccc([N+](=O)[O-])cc1S(=O)(=O)N(CC)CC)c1ccccc1. The summed E-state index contributed by atoms with van der Waals surface area (Å²) in [5.74, 6) is 0. The number of hydrogen-bond acceptors (Lipinski definition) is 6. The number of nitro benzene ring substituents is 1. The largest absolute Gasteiger partial charge is 0.277 e. The van der Waals surface area contributed by atoms with E-state index in [-0.39, 0.29) is 29.4 Å². The maximum atomic E-state index is 13.0. The highest BCUT2D eigenvalue weighted by atomic mass is 32.2. The Bertz CT molecular complexity index is 955. The van der Waals surface area contributed by atoms with Crippen LogP contribution in [0, 0.1) is 10.1 Å². The van der Waals surface area contributed by atoms with Crippen LogP contribution in [0.3, 0.4) is 0 Å². The van der Waals surface area contributed by atoms with Crippen molar-refractivity contribution in [1.82, 2.24) is 4.31 Å². The molecule has 0 fully saturated rings. The first-order valence-corrected chi connectivity index (χ1v) is 10.5. The molecule has 0 aliphatic heterocycles. The summed E-state index contributed by atoms with van der Waals surface area (Å²) in [5.41, 5.74) is 4.35. The molecule has 2 rings (SSSR count). The maximum Gasteiger partial charge on any atom is 0.270 e. The first-order chi connectivity index (χ1) is 13.3. The first-order valence-electron chi connectivity index (χ1n) is 9.01. The van der Waals surface area contributed by atoms with Crippen LogP contribution in [-0.2, 0) is 10.0 Å². The van der Waals surface area contributed by atoms with Crippen molar-refractivity contribution in [3.05, 3.63) is 64.2 Å². The maximum absolute atomic E-state index is 13.0. The van der Waals surface area contributed by atoms with Crippen LogP contribution in [0.15, 0.2) is 58.5 Å². The molecule has 0 saturated carbocycles. The van der Waals surface area contributed by atoms with Crippen LogP contribution in [0.5, 0.6) is 0 Å². The van der Waals surface area contributed by atoms with Gasteiger partial charge in [-0.05, 0) is 18.1 Å². The molecule has 0 aliphatic rings. The molecule has 0 amide bonds. The number of nitrogens with one attached hydrogen (secondary N) is 1. The summed E-state index contributed by atoms with van der Waals surface area (Å²) >= 11 is 0. The van der Waals surface area contributed by atoms with Gasteiger partial charge >= 0.3 is 0 Å². The van der Waals surface area contributed by atoms with Gasteiger partial charge in [0.05, 0.1) is 16.3 Å². The highest BCUT2D eigenvalue weighted by molar-refractivity contribution is 7.89. The fourth-order valence-corrected chi connectivity index (χ4v) is 4.36. The zero-order chi connectivity index (χ0) is 20.7. The molecule has 2 aromatic rings. The Labute approximate surface area is 165 Å². The van der Waals surface area contributed by atoms with Gasteiger partial charge in [0.1, 0.15) is 4.90 Å². The summed E-state index contributed by atoms with van der Waals surface area (Å²) in [6.07, 6.45) is 0.627. The molecule has 0 bridgehead atoms. The number of sulfonamides is 1. The summed E-state index contributed by atoms with van der Waals surface area (Å²) in [7, 11) is -3.91. The van der Waals surface area contributed by atoms with Crippen molar-refractivity contribution in [2.24, 2.45) is 5.10 Å². The highest BCUT2D eigenvalue weighted by Gasteiger charge is 2.27. The lowest BCUT2D eigenvalue weighted by atomic mass is 10.1. The van der Waals surface area contributed by atoms with Crippen LogP contribution < -0.4 is 5.43 Å². The minimum atomic E-state index is -3.91. The zero-order valence-electron chi connectivity index (χ0n) is 16.1. The van der Waals surface area contributed by atoms with Crippen molar-refractivity contribution in [2.75, 3.05) is 18.5 Å². The van der Waals surface area contributed by atoms with Gasteiger partial charge in [0.15, 0.2) is 0 Å². The quantitative estimate of drug-likeness (QED) is 0.388. The molecule has 9 heteroatoms. The standard InChI is InChI=1S/C19H24N4O4S/c1-4-17(15-10-8-7-9-11-15)20-21-18-13-12-16(23(24)25)14-19(18)28(26,27)22(5-2)6-3/h7-14,21H,4-6H2,1-3H3/b20-17-. The number of nitrogens with zero attached hydrogens (tertiary/aromatic N) is 3. The first kappa shape index (κ1) is 21.5. The number of non-ortho nitro benzene ring substituents is 1. The van der Waals surface area contributed by atoms with E-state index in [2.05, 4.69) is 10.5 Å². The third-order valence-electron chi connectivity index (χ3n) is 4.25. The molecule has 0 spiro atoms. The third kappa shape index (κ3) is 4.73. The van der Waals surface area contributed by atoms with E-state index in [1.165, 1.54) is 16.4 Å². The Morgan fingerprint density at radius 3 is 2.29 bits per heavy atom. The van der Waals surface area contributed by atoms with Gasteiger partial charge in [-0.15, -0.1) is 0 Å². The summed E-state index contributed by atoms with van der Waals surface area (Å²) in [6, 6.07) is 13.2. The lowest BCUT2D eigenvalue weighted by Crippen LogP contribution is -2.31. The molecule has 0 atom stereocenters. The molecule has 0 unspecified atom stereocenters. The van der Waals surface area contributed by atoms with Gasteiger partial charge in [-0.1, -0.05) is 51.1 Å². The van der Waals surface area contributed by atoms with Gasteiger partial charge in [-0.3, -0.25) is 15.5 Å². The molecule has 1 N–H and O–H groups in total. The summed E-state index contributed by atoms with van der Waals surface area (Å²) in [6.45, 7) is 5.89. The lowest BCUT2D eigenvalue weighted by Gasteiger charge is -2.20. The Balaban J connectivity index is 2.52. The number of benzene rings is 2. The van der Waals surface area contributed by atoms with Gasteiger partial charge in [-0.25, -0.2) is 8.42 Å². The second-order valence-electron chi connectivity index (χ2n) is 5.92. The molecule has 8 nitrogen and oxygen atoms in total. The Hall–Kier alpha value is -2.78. The summed E-state index contributed by atoms with van der Waals surface area (Å²) in [5, 5.41) is 15.5. The summed E-state index contributed by atoms with van der Waals surface area (Å²) in [4.78, 5) is 10.4. The van der Waals surface area contributed by atoms with Crippen molar-refractivity contribution in [3.63, 3.8) is 0 Å². The van der Waals surface area contributed by atoms with Crippen molar-refractivity contribution >= 4 is 27.1 Å². The third-order valence-corrected chi connectivity index (χ3v) is 6.34. The Morgan fingerprint density at radius 1 is 1.11 bits per heavy atom. The molecule has 150 valence electrons. The predicted molar refractivity (Wildman–Crippen MR) is 110 cm³/mol. The second-order valence-corrected chi connectivity index (χ2v) is 7.82. The van der Waals surface area contributed by atoms with Crippen LogP contribution >= 0.6 is 0 Å². The fourth-order valence-electron chi connectivity index (χ4n) is 2.74. The van der Waals surface area contributed by atoms with E-state index in [1.54, 1.807) is 13.8 Å². The van der Waals surface area contributed by atoms with E-state index in [4.69, 9.17) is 0 Å². The van der Waals surface area contributed by atoms with E-state index < -0.39 is 14.9 Å². The van der Waals surface area contributed by atoms with Gasteiger partial charge in [-0.2, -0.15) is 9.41 Å². The Kier molecular flexibility index (Phi) is 7.24. The molecule has 2 aromatic carbocycles. The zero-order valence-corrected chi connectivity index (χ0v) is 16.9. The van der Waals surface area contributed by atoms with E-state index in [9.17, 15) is 18.5 Å². The van der Waals surface area contributed by atoms with Gasteiger partial charge in [0, 0.05) is 25.2 Å². The number of rotatable bonds is 9. The van der Waals surface area contributed by atoms with Gasteiger partial charge in [0.2, 0.25) is 10.0 Å². The monoisotopic (exact) mass is 404 g/mol. The molecular weight excluding hydrogens is 380 g/mol. The van der Waals surface area contributed by atoms with E-state index in [0.717, 1.165) is 17.3 Å². The van der Waals surface area contributed by atoms with Crippen LogP contribution in [0.2, 0.25) is 0 Å². The van der Waals surface area contributed by atoms with Crippen molar-refractivity contribution < 1.29 is 13.3 Å². The van der Waals surface area contributed by atoms with Crippen LogP contribution in [-0.4, -0.2) is 36.4 Å². The average molecular weight is 404 g/mol. The molecular formula is C19H24N4O4S. The van der Waals surface area contributed by atoms with E-state index >= 15 is 0 Å². The number of hydrogen-bond donors (Lipinski definition) is 1.